The van der Waals surface area contributed by atoms with E-state index >= 15 is 0 Å². The lowest BCUT2D eigenvalue weighted by atomic mass is 9.75. The van der Waals surface area contributed by atoms with Gasteiger partial charge in [0.05, 0.1) is 18.3 Å². The van der Waals surface area contributed by atoms with Crippen LogP contribution >= 0.6 is 0 Å². The highest BCUT2D eigenvalue weighted by molar-refractivity contribution is 6.43. The van der Waals surface area contributed by atoms with Crippen molar-refractivity contribution in [2.75, 3.05) is 0 Å². The molecule has 6 N–H and O–H groups in total. The summed E-state index contributed by atoms with van der Waals surface area (Å²) in [5.41, 5.74) is 0. The molecule has 2 unspecified atom stereocenters. The Morgan fingerprint density at radius 2 is 0.643 bits per heavy atom. The van der Waals surface area contributed by atoms with Crippen LogP contribution in [0.2, 0.25) is 19.0 Å². The molecule has 1 aliphatic carbocycles. The van der Waals surface area contributed by atoms with Crippen LogP contribution in [0.1, 0.15) is 136 Å². The predicted molar refractivity (Wildman–Crippen MR) is 171 cm³/mol. The van der Waals surface area contributed by atoms with Gasteiger partial charge in [0, 0.05) is 0 Å². The van der Waals surface area contributed by atoms with E-state index in [4.69, 9.17) is 14.0 Å². The number of aliphatic hydroxyl groups is 3. The van der Waals surface area contributed by atoms with Crippen LogP contribution in [0.15, 0.2) is 0 Å². The Balaban J connectivity index is 2.86. The average molecular weight is 600 g/mol. The zero-order valence-corrected chi connectivity index (χ0v) is 27.0. The number of hydrogen-bond donors (Lipinski definition) is 6. The van der Waals surface area contributed by atoms with Gasteiger partial charge in [-0.3, -0.25) is 0 Å². The Hall–Kier alpha value is -0.165. The van der Waals surface area contributed by atoms with Crippen LogP contribution in [0.3, 0.4) is 0 Å². The molecule has 1 aliphatic rings. The maximum atomic E-state index is 10.9. The second-order valence-corrected chi connectivity index (χ2v) is 12.3. The number of unbranched alkanes of at least 4 members (excludes halogenated alkanes) is 15. The molecule has 0 bridgehead atoms. The van der Waals surface area contributed by atoms with Crippen LogP contribution in [-0.4, -0.2) is 88.4 Å². The van der Waals surface area contributed by atoms with E-state index < -0.39 is 58.0 Å². The first-order chi connectivity index (χ1) is 20.3. The topological polar surface area (TPSA) is 149 Å². The van der Waals surface area contributed by atoms with Crippen LogP contribution in [0.4, 0.5) is 0 Å². The highest BCUT2D eigenvalue weighted by Crippen LogP contribution is 2.31. The molecule has 12 heteroatoms. The molecule has 6 atom stereocenters. The zero-order valence-electron chi connectivity index (χ0n) is 27.0. The normalized spacial score (nSPS) is 24.2. The molecule has 42 heavy (non-hydrogen) atoms. The van der Waals surface area contributed by atoms with Crippen LogP contribution in [0, 0.1) is 0 Å². The lowest BCUT2D eigenvalue weighted by Crippen LogP contribution is -2.67. The molecule has 0 aromatic heterocycles. The summed E-state index contributed by atoms with van der Waals surface area (Å²) < 4.78 is 17.6. The molecule has 1 fully saturated rings. The maximum absolute atomic E-state index is 10.9. The minimum atomic E-state index is -1.64. The van der Waals surface area contributed by atoms with Gasteiger partial charge in [-0.1, -0.05) is 136 Å². The van der Waals surface area contributed by atoms with Crippen LogP contribution < -0.4 is 0 Å². The molecular weight excluding hydrogens is 537 g/mol. The third-order valence-electron chi connectivity index (χ3n) is 8.38. The van der Waals surface area contributed by atoms with Crippen molar-refractivity contribution in [3.05, 3.63) is 0 Å². The third-order valence-corrected chi connectivity index (χ3v) is 8.38. The van der Waals surface area contributed by atoms with Crippen LogP contribution in [0.25, 0.3) is 0 Å². The van der Waals surface area contributed by atoms with E-state index in [-0.39, 0.29) is 0 Å². The van der Waals surface area contributed by atoms with Gasteiger partial charge in [0.1, 0.15) is 18.3 Å². The van der Waals surface area contributed by atoms with Gasteiger partial charge in [0.2, 0.25) is 0 Å². The lowest BCUT2D eigenvalue weighted by molar-refractivity contribution is -0.213. The average Bonchev–Trinajstić information content (AvgIpc) is 2.97. The molecule has 0 radical (unpaired) electrons. The van der Waals surface area contributed by atoms with Crippen molar-refractivity contribution in [2.45, 2.75) is 192 Å². The van der Waals surface area contributed by atoms with Crippen molar-refractivity contribution in [2.24, 2.45) is 0 Å². The Labute approximate surface area is 257 Å². The summed E-state index contributed by atoms with van der Waals surface area (Å²) in [7, 11) is -3.68. The fourth-order valence-corrected chi connectivity index (χ4v) is 5.68. The van der Waals surface area contributed by atoms with Gasteiger partial charge in [-0.05, 0) is 19.0 Å². The first kappa shape index (κ1) is 39.9. The van der Waals surface area contributed by atoms with Gasteiger partial charge in [0.15, 0.2) is 0 Å². The highest BCUT2D eigenvalue weighted by Gasteiger charge is 2.53. The zero-order chi connectivity index (χ0) is 31.2. The highest BCUT2D eigenvalue weighted by atomic mass is 16.6. The quantitative estimate of drug-likeness (QED) is 0.0580. The maximum Gasteiger partial charge on any atom is 0.454 e. The van der Waals surface area contributed by atoms with E-state index in [1.165, 1.54) is 19.3 Å². The van der Waals surface area contributed by atoms with Gasteiger partial charge in [-0.15, -0.1) is 0 Å². The van der Waals surface area contributed by atoms with E-state index in [9.17, 15) is 30.4 Å². The molecule has 246 valence electrons. The summed E-state index contributed by atoms with van der Waals surface area (Å²) in [5.74, 6) is 0. The fraction of sp³-hybridized carbons (Fsp3) is 1.00. The van der Waals surface area contributed by atoms with Gasteiger partial charge in [0.25, 0.3) is 0 Å². The molecule has 0 saturated heterocycles. The summed E-state index contributed by atoms with van der Waals surface area (Å²) in [6.45, 7) is 6.48. The number of hydrogen-bond acceptors (Lipinski definition) is 9. The minimum absolute atomic E-state index is 0.340. The largest absolute Gasteiger partial charge is 0.454 e. The van der Waals surface area contributed by atoms with Crippen LogP contribution in [0.5, 0.6) is 0 Å². The summed E-state index contributed by atoms with van der Waals surface area (Å²) in [6, 6.07) is 0. The third kappa shape index (κ3) is 16.8. The standard InChI is InChI=1S/C30H63B3O9/c1-4-7-10-13-16-19-22-31(37)40-28-26(35)25(34)27(36)29(41-32(38)23-20-17-14-11-8-5-2)30(28)42-33(39)24-21-18-15-12-9-6-3/h25-30,34-39H,4-24H2,1-3H3/t25?,26-,27+,28-,29+,30?. The molecule has 9 nitrogen and oxygen atoms in total. The molecule has 0 spiro atoms. The fourth-order valence-electron chi connectivity index (χ4n) is 5.68. The van der Waals surface area contributed by atoms with Gasteiger partial charge in [-0.25, -0.2) is 0 Å². The minimum Gasteiger partial charge on any atom is -0.427 e. The van der Waals surface area contributed by atoms with Crippen molar-refractivity contribution in [3.8, 4) is 0 Å². The number of rotatable bonds is 27. The van der Waals surface area contributed by atoms with Crippen molar-refractivity contribution in [1.82, 2.24) is 0 Å². The SMILES string of the molecule is CCCCCCCCB(O)OC1[C@@H](OB(O)CCCCCCCC)[C@@H](O)C(O)[C@@H](O)[C@H]1OB(O)CCCCCCCC. The summed E-state index contributed by atoms with van der Waals surface area (Å²) >= 11 is 0. The lowest BCUT2D eigenvalue weighted by Gasteiger charge is -2.47. The van der Waals surface area contributed by atoms with Crippen LogP contribution in [-0.2, 0) is 14.0 Å². The van der Waals surface area contributed by atoms with Gasteiger partial charge < -0.3 is 44.4 Å². The summed E-state index contributed by atoms with van der Waals surface area (Å²) in [5, 5.41) is 64.5. The smallest absolute Gasteiger partial charge is 0.427 e. The molecule has 0 aromatic carbocycles. The summed E-state index contributed by atoms with van der Waals surface area (Å²) in [4.78, 5) is 0. The summed E-state index contributed by atoms with van der Waals surface area (Å²) in [6.07, 6.45) is 11.2. The van der Waals surface area contributed by atoms with Crippen molar-refractivity contribution in [1.29, 1.82) is 0 Å². The Bertz CT molecular complexity index is 587. The molecule has 0 aromatic rings. The van der Waals surface area contributed by atoms with E-state index in [1.807, 2.05) is 0 Å². The first-order valence-corrected chi connectivity index (χ1v) is 17.3. The Morgan fingerprint density at radius 1 is 0.381 bits per heavy atom. The van der Waals surface area contributed by atoms with E-state index in [1.54, 1.807) is 0 Å². The van der Waals surface area contributed by atoms with E-state index in [2.05, 4.69) is 20.8 Å². The van der Waals surface area contributed by atoms with Gasteiger partial charge >= 0.3 is 21.4 Å². The first-order valence-electron chi connectivity index (χ1n) is 17.3. The molecule has 1 saturated carbocycles. The molecular formula is C30H63B3O9. The van der Waals surface area contributed by atoms with Crippen molar-refractivity contribution < 1.29 is 44.4 Å². The monoisotopic (exact) mass is 600 g/mol. The molecule has 0 aliphatic heterocycles. The second kappa shape index (κ2) is 25.1. The van der Waals surface area contributed by atoms with Crippen molar-refractivity contribution in [3.63, 3.8) is 0 Å². The van der Waals surface area contributed by atoms with E-state index in [0.717, 1.165) is 96.3 Å². The molecule has 0 amide bonds. The number of aliphatic hydroxyl groups excluding tert-OH is 3. The Morgan fingerprint density at radius 3 is 0.952 bits per heavy atom. The Kier molecular flexibility index (Phi) is 23.8. The second-order valence-electron chi connectivity index (χ2n) is 12.3. The predicted octanol–water partition coefficient (Wildman–Crippen LogP) is 4.76. The van der Waals surface area contributed by atoms with Gasteiger partial charge in [-0.2, -0.15) is 0 Å². The molecule has 1 rings (SSSR count). The molecule has 0 heterocycles. The van der Waals surface area contributed by atoms with Crippen molar-refractivity contribution >= 4 is 21.4 Å². The van der Waals surface area contributed by atoms with E-state index in [0.29, 0.717) is 19.0 Å².